The van der Waals surface area contributed by atoms with Gasteiger partial charge >= 0.3 is 12.1 Å². The van der Waals surface area contributed by atoms with Crippen LogP contribution < -0.4 is 4.74 Å². The molecule has 0 saturated carbocycles. The van der Waals surface area contributed by atoms with Crippen LogP contribution in [0.2, 0.25) is 0 Å². The normalized spacial score (nSPS) is 18.6. The van der Waals surface area contributed by atoms with Gasteiger partial charge < -0.3 is 14.2 Å². The van der Waals surface area contributed by atoms with Crippen LogP contribution in [0.5, 0.6) is 5.88 Å². The predicted molar refractivity (Wildman–Crippen MR) is 118 cm³/mol. The molecule has 0 aromatic carbocycles. The topological polar surface area (TPSA) is 104 Å². The Morgan fingerprint density at radius 2 is 2.00 bits per heavy atom. The number of thiophene rings is 1. The Kier molecular flexibility index (Phi) is 5.96. The van der Waals surface area contributed by atoms with Gasteiger partial charge in [-0.1, -0.05) is 6.07 Å². The third kappa shape index (κ3) is 4.64. The molecular weight excluding hydrogens is 432 g/mol. The van der Waals surface area contributed by atoms with Crippen LogP contribution >= 0.6 is 11.3 Å². The quantitative estimate of drug-likeness (QED) is 0.548. The maximum Gasteiger partial charge on any atom is 0.411 e. The standard InChI is InChI=1S/C22H24N4O5S/c1-22(2,3)31-21(28)26-12-13(11-16(26)20(27)29-4)30-18-14-8-10-32-19(14)25-17(24-18)15-7-5-6-9-23-15/h5-10,13,16H,11-12H2,1-4H3/t13?,16-/m0/s1. The van der Waals surface area contributed by atoms with Gasteiger partial charge in [-0.25, -0.2) is 14.6 Å². The van der Waals surface area contributed by atoms with Crippen molar-refractivity contribution in [2.45, 2.75) is 44.9 Å². The Hall–Kier alpha value is -3.27. The zero-order valence-corrected chi connectivity index (χ0v) is 19.1. The monoisotopic (exact) mass is 456 g/mol. The smallest absolute Gasteiger partial charge is 0.411 e. The highest BCUT2D eigenvalue weighted by Crippen LogP contribution is 2.32. The lowest BCUT2D eigenvalue weighted by molar-refractivity contribution is -0.145. The fourth-order valence-electron chi connectivity index (χ4n) is 3.45. The molecule has 1 amide bonds. The fourth-order valence-corrected chi connectivity index (χ4v) is 4.20. The number of amides is 1. The van der Waals surface area contributed by atoms with Crippen molar-refractivity contribution in [3.63, 3.8) is 0 Å². The van der Waals surface area contributed by atoms with E-state index in [1.165, 1.54) is 23.3 Å². The van der Waals surface area contributed by atoms with Gasteiger partial charge in [-0.15, -0.1) is 11.3 Å². The summed E-state index contributed by atoms with van der Waals surface area (Å²) in [6.07, 6.45) is 0.882. The van der Waals surface area contributed by atoms with E-state index in [0.717, 1.165) is 10.2 Å². The number of rotatable bonds is 4. The molecule has 0 N–H and O–H groups in total. The van der Waals surface area contributed by atoms with E-state index >= 15 is 0 Å². The number of methoxy groups -OCH3 is 1. The molecule has 3 aromatic heterocycles. The first kappa shape index (κ1) is 21.9. The molecule has 2 atom stereocenters. The van der Waals surface area contributed by atoms with Crippen molar-refractivity contribution >= 4 is 33.6 Å². The molecule has 1 aliphatic rings. The van der Waals surface area contributed by atoms with Crippen molar-refractivity contribution in [2.75, 3.05) is 13.7 Å². The highest BCUT2D eigenvalue weighted by molar-refractivity contribution is 7.16. The van der Waals surface area contributed by atoms with Crippen LogP contribution in [0.3, 0.4) is 0 Å². The maximum atomic E-state index is 12.7. The molecule has 0 aliphatic carbocycles. The average Bonchev–Trinajstić information content (AvgIpc) is 3.40. The SMILES string of the molecule is COC(=O)[C@@H]1CC(Oc2nc(-c3ccccn3)nc3sccc23)CN1C(=O)OC(C)(C)C. The second kappa shape index (κ2) is 8.70. The number of likely N-dealkylation sites (tertiary alicyclic amines) is 1. The number of ether oxygens (including phenoxy) is 3. The predicted octanol–water partition coefficient (Wildman–Crippen LogP) is 3.68. The third-order valence-electron chi connectivity index (χ3n) is 4.83. The zero-order valence-electron chi connectivity index (χ0n) is 18.3. The van der Waals surface area contributed by atoms with Crippen LogP contribution in [-0.2, 0) is 14.3 Å². The van der Waals surface area contributed by atoms with Crippen molar-refractivity contribution in [3.8, 4) is 17.4 Å². The molecule has 1 saturated heterocycles. The lowest BCUT2D eigenvalue weighted by Gasteiger charge is -2.27. The van der Waals surface area contributed by atoms with Gasteiger partial charge in [-0.05, 0) is 44.4 Å². The summed E-state index contributed by atoms with van der Waals surface area (Å²) >= 11 is 1.47. The number of carbonyl (C=O) groups is 2. The van der Waals surface area contributed by atoms with Crippen LogP contribution in [-0.4, -0.2) is 63.3 Å². The van der Waals surface area contributed by atoms with Gasteiger partial charge in [0.15, 0.2) is 5.82 Å². The lowest BCUT2D eigenvalue weighted by atomic mass is 10.2. The maximum absolute atomic E-state index is 12.7. The van der Waals surface area contributed by atoms with Gasteiger partial charge in [0, 0.05) is 12.6 Å². The molecule has 4 rings (SSSR count). The minimum atomic E-state index is -0.796. The van der Waals surface area contributed by atoms with E-state index in [2.05, 4.69) is 15.0 Å². The van der Waals surface area contributed by atoms with Gasteiger partial charge in [-0.3, -0.25) is 9.88 Å². The number of fused-ring (bicyclic) bond motifs is 1. The first-order valence-electron chi connectivity index (χ1n) is 10.2. The Balaban J connectivity index is 1.62. The Morgan fingerprint density at radius 1 is 1.19 bits per heavy atom. The first-order chi connectivity index (χ1) is 15.2. The highest BCUT2D eigenvalue weighted by Gasteiger charge is 2.43. The Morgan fingerprint density at radius 3 is 2.69 bits per heavy atom. The third-order valence-corrected chi connectivity index (χ3v) is 5.63. The molecule has 9 nitrogen and oxygen atoms in total. The summed E-state index contributed by atoms with van der Waals surface area (Å²) < 4.78 is 16.6. The van der Waals surface area contributed by atoms with E-state index in [9.17, 15) is 9.59 Å². The van der Waals surface area contributed by atoms with Crippen LogP contribution in [0.15, 0.2) is 35.8 Å². The fraction of sp³-hybridized carbons (Fsp3) is 0.409. The van der Waals surface area contributed by atoms with Crippen molar-refractivity contribution in [1.29, 1.82) is 0 Å². The molecule has 32 heavy (non-hydrogen) atoms. The van der Waals surface area contributed by atoms with E-state index in [1.54, 1.807) is 27.0 Å². The molecule has 4 heterocycles. The van der Waals surface area contributed by atoms with Crippen LogP contribution in [0.25, 0.3) is 21.7 Å². The molecule has 1 unspecified atom stereocenters. The van der Waals surface area contributed by atoms with Crippen LogP contribution in [0, 0.1) is 0 Å². The lowest BCUT2D eigenvalue weighted by Crippen LogP contribution is -2.44. The van der Waals surface area contributed by atoms with Gasteiger partial charge in [0.2, 0.25) is 5.88 Å². The van der Waals surface area contributed by atoms with Crippen LogP contribution in [0.4, 0.5) is 4.79 Å². The molecule has 3 aromatic rings. The van der Waals surface area contributed by atoms with Crippen molar-refractivity contribution in [3.05, 3.63) is 35.8 Å². The molecule has 10 heteroatoms. The molecular formula is C22H24N4O5S. The van der Waals surface area contributed by atoms with E-state index in [1.807, 2.05) is 29.6 Å². The summed E-state index contributed by atoms with van der Waals surface area (Å²) in [4.78, 5) is 40.7. The zero-order chi connectivity index (χ0) is 22.9. The van der Waals surface area contributed by atoms with E-state index in [0.29, 0.717) is 17.4 Å². The van der Waals surface area contributed by atoms with E-state index in [4.69, 9.17) is 14.2 Å². The van der Waals surface area contributed by atoms with Crippen LogP contribution in [0.1, 0.15) is 27.2 Å². The minimum Gasteiger partial charge on any atom is -0.472 e. The first-order valence-corrected chi connectivity index (χ1v) is 11.0. The number of nitrogens with zero attached hydrogens (tertiary/aromatic N) is 4. The molecule has 0 radical (unpaired) electrons. The molecule has 0 bridgehead atoms. The van der Waals surface area contributed by atoms with Gasteiger partial charge in [0.25, 0.3) is 0 Å². The molecule has 1 fully saturated rings. The highest BCUT2D eigenvalue weighted by atomic mass is 32.1. The van der Waals surface area contributed by atoms with E-state index < -0.39 is 29.8 Å². The average molecular weight is 457 g/mol. The van der Waals surface area contributed by atoms with Gasteiger partial charge in [-0.2, -0.15) is 4.98 Å². The second-order valence-electron chi connectivity index (χ2n) is 8.35. The largest absolute Gasteiger partial charge is 0.472 e. The summed E-state index contributed by atoms with van der Waals surface area (Å²) in [6.45, 7) is 5.49. The molecule has 0 spiro atoms. The minimum absolute atomic E-state index is 0.170. The summed E-state index contributed by atoms with van der Waals surface area (Å²) in [7, 11) is 1.29. The summed E-state index contributed by atoms with van der Waals surface area (Å²) in [6, 6.07) is 6.60. The summed E-state index contributed by atoms with van der Waals surface area (Å²) in [5, 5.41) is 2.67. The molecule has 168 valence electrons. The van der Waals surface area contributed by atoms with Crippen molar-refractivity contribution < 1.29 is 23.8 Å². The van der Waals surface area contributed by atoms with Gasteiger partial charge in [0.05, 0.1) is 19.0 Å². The summed E-state index contributed by atoms with van der Waals surface area (Å²) in [5.41, 5.74) is -0.0639. The Bertz CT molecular complexity index is 1130. The number of hydrogen-bond acceptors (Lipinski definition) is 9. The number of esters is 1. The van der Waals surface area contributed by atoms with Gasteiger partial charge in [0.1, 0.15) is 28.3 Å². The number of carbonyl (C=O) groups excluding carboxylic acids is 2. The van der Waals surface area contributed by atoms with E-state index in [-0.39, 0.29) is 13.0 Å². The Labute approximate surface area is 189 Å². The summed E-state index contributed by atoms with van der Waals surface area (Å²) in [5.74, 6) is 0.318. The second-order valence-corrected chi connectivity index (χ2v) is 9.25. The number of pyridine rings is 1. The number of hydrogen-bond donors (Lipinski definition) is 0. The van der Waals surface area contributed by atoms with Crippen molar-refractivity contribution in [1.82, 2.24) is 19.9 Å². The van der Waals surface area contributed by atoms with Crippen molar-refractivity contribution in [2.24, 2.45) is 0 Å². The number of aromatic nitrogens is 3. The molecule has 1 aliphatic heterocycles.